The van der Waals surface area contributed by atoms with Gasteiger partial charge >= 0.3 is 0 Å². The van der Waals surface area contributed by atoms with Gasteiger partial charge in [0.2, 0.25) is 11.8 Å². The molecule has 8 heteroatoms. The lowest BCUT2D eigenvalue weighted by Gasteiger charge is -2.30. The molecule has 1 N–H and O–H groups in total. The first-order chi connectivity index (χ1) is 11.8. The zero-order valence-corrected chi connectivity index (χ0v) is 15.5. The van der Waals surface area contributed by atoms with Gasteiger partial charge in [-0.15, -0.1) is 0 Å². The Hall–Kier alpha value is -1.86. The minimum absolute atomic E-state index is 0.179. The monoisotopic (exact) mass is 384 g/mol. The molecule has 0 bridgehead atoms. The van der Waals surface area contributed by atoms with Crippen molar-refractivity contribution in [1.82, 2.24) is 10.2 Å². The summed E-state index contributed by atoms with van der Waals surface area (Å²) in [5, 5.41) is 2.30. The maximum absolute atomic E-state index is 12.2. The Labute approximate surface area is 152 Å². The molecule has 1 fully saturated rings. The number of piperidine rings is 1. The van der Waals surface area contributed by atoms with E-state index >= 15 is 0 Å². The van der Waals surface area contributed by atoms with E-state index in [4.69, 9.17) is 11.6 Å². The van der Waals surface area contributed by atoms with Crippen LogP contribution in [0.1, 0.15) is 18.4 Å². The number of halogens is 1. The van der Waals surface area contributed by atoms with Gasteiger partial charge in [-0.25, -0.2) is 8.42 Å². The van der Waals surface area contributed by atoms with E-state index in [9.17, 15) is 18.0 Å². The summed E-state index contributed by atoms with van der Waals surface area (Å²) in [5.74, 6) is -1.20. The Kier molecular flexibility index (Phi) is 6.61. The third-order valence-electron chi connectivity index (χ3n) is 4.18. The highest BCUT2D eigenvalue weighted by Crippen LogP contribution is 2.20. The minimum atomic E-state index is -3.49. The molecule has 1 saturated heterocycles. The summed E-state index contributed by atoms with van der Waals surface area (Å²) in [4.78, 5) is 25.2. The van der Waals surface area contributed by atoms with E-state index in [0.717, 1.165) is 5.56 Å². The van der Waals surface area contributed by atoms with E-state index in [-0.39, 0.29) is 5.91 Å². The van der Waals surface area contributed by atoms with Crippen molar-refractivity contribution in [2.75, 3.05) is 25.9 Å². The van der Waals surface area contributed by atoms with Crippen molar-refractivity contribution in [3.63, 3.8) is 0 Å². The molecule has 1 heterocycles. The molecule has 25 heavy (non-hydrogen) atoms. The van der Waals surface area contributed by atoms with Crippen LogP contribution in [0, 0.1) is 0 Å². The number of hydrogen-bond donors (Lipinski definition) is 1. The summed E-state index contributed by atoms with van der Waals surface area (Å²) in [7, 11) is -2.08. The van der Waals surface area contributed by atoms with Gasteiger partial charge in [-0.05, 0) is 30.5 Å². The Morgan fingerprint density at radius 2 is 1.92 bits per heavy atom. The van der Waals surface area contributed by atoms with Crippen LogP contribution in [0.4, 0.5) is 0 Å². The molecule has 2 rings (SSSR count). The van der Waals surface area contributed by atoms with Crippen LogP contribution in [0.3, 0.4) is 0 Å². The number of benzene rings is 1. The number of sulfone groups is 1. The highest BCUT2D eigenvalue weighted by atomic mass is 35.5. The van der Waals surface area contributed by atoms with Crippen LogP contribution in [0.15, 0.2) is 30.3 Å². The smallest absolute Gasteiger partial charge is 0.246 e. The average molecular weight is 385 g/mol. The predicted molar refractivity (Wildman–Crippen MR) is 97.9 cm³/mol. The minimum Gasteiger partial charge on any atom is -0.358 e. The maximum Gasteiger partial charge on any atom is 0.246 e. The summed E-state index contributed by atoms with van der Waals surface area (Å²) < 4.78 is 24.4. The first-order valence-electron chi connectivity index (χ1n) is 7.97. The molecule has 0 spiro atoms. The van der Waals surface area contributed by atoms with E-state index < -0.39 is 26.7 Å². The summed E-state index contributed by atoms with van der Waals surface area (Å²) in [6.07, 6.45) is 3.77. The first kappa shape index (κ1) is 19.5. The standard InChI is InChI=1S/C17H21ClN2O4S/c1-19-16(21)12-25(23,24)14-8-10-20(11-9-14)17(22)7-6-13-4-2-3-5-15(13)18/h2-7,14H,8-12H2,1H3,(H,19,21)/b7-6+. The molecule has 0 saturated carbocycles. The van der Waals surface area contributed by atoms with Gasteiger partial charge in [0.1, 0.15) is 5.75 Å². The van der Waals surface area contributed by atoms with Crippen LogP contribution in [0.5, 0.6) is 0 Å². The number of carbonyl (C=O) groups excluding carboxylic acids is 2. The normalized spacial score (nSPS) is 16.2. The Morgan fingerprint density at radius 1 is 1.28 bits per heavy atom. The Balaban J connectivity index is 1.92. The van der Waals surface area contributed by atoms with Crippen LogP contribution >= 0.6 is 11.6 Å². The topological polar surface area (TPSA) is 83.6 Å². The zero-order chi connectivity index (χ0) is 18.4. The summed E-state index contributed by atoms with van der Waals surface area (Å²) >= 11 is 6.04. The molecule has 0 unspecified atom stereocenters. The third-order valence-corrected chi connectivity index (χ3v) is 6.68. The molecule has 0 atom stereocenters. The fourth-order valence-corrected chi connectivity index (χ4v) is 4.56. The molecule has 136 valence electrons. The third kappa shape index (κ3) is 5.31. The van der Waals surface area contributed by atoms with Crippen molar-refractivity contribution >= 4 is 39.3 Å². The van der Waals surface area contributed by atoms with E-state index in [1.807, 2.05) is 18.2 Å². The summed E-state index contributed by atoms with van der Waals surface area (Å²) in [6.45, 7) is 0.701. The first-order valence-corrected chi connectivity index (χ1v) is 10.1. The van der Waals surface area contributed by atoms with Crippen molar-refractivity contribution in [2.24, 2.45) is 0 Å². The van der Waals surface area contributed by atoms with E-state index in [2.05, 4.69) is 5.32 Å². The number of likely N-dealkylation sites (tertiary alicyclic amines) is 1. The second-order valence-electron chi connectivity index (χ2n) is 5.86. The van der Waals surface area contributed by atoms with Crippen LogP contribution in [0.2, 0.25) is 5.02 Å². The van der Waals surface area contributed by atoms with Crippen molar-refractivity contribution in [1.29, 1.82) is 0 Å². The van der Waals surface area contributed by atoms with E-state index in [0.29, 0.717) is 31.0 Å². The van der Waals surface area contributed by atoms with Gasteiger partial charge in [-0.2, -0.15) is 0 Å². The van der Waals surface area contributed by atoms with Crippen LogP contribution in [0.25, 0.3) is 6.08 Å². The molecule has 6 nitrogen and oxygen atoms in total. The van der Waals surface area contributed by atoms with Crippen molar-refractivity contribution in [3.8, 4) is 0 Å². The fourth-order valence-electron chi connectivity index (χ4n) is 2.68. The number of rotatable bonds is 5. The SMILES string of the molecule is CNC(=O)CS(=O)(=O)C1CCN(C(=O)/C=C/c2ccccc2Cl)CC1. The van der Waals surface area contributed by atoms with Crippen molar-refractivity contribution < 1.29 is 18.0 Å². The molecule has 0 radical (unpaired) electrons. The number of nitrogens with one attached hydrogen (secondary N) is 1. The quantitative estimate of drug-likeness (QED) is 0.780. The average Bonchev–Trinajstić information content (AvgIpc) is 2.60. The fraction of sp³-hybridized carbons (Fsp3) is 0.412. The molecule has 2 amide bonds. The predicted octanol–water partition coefficient (Wildman–Crippen LogP) is 1.51. The number of carbonyl (C=O) groups is 2. The van der Waals surface area contributed by atoms with Gasteiger partial charge in [-0.1, -0.05) is 29.8 Å². The van der Waals surface area contributed by atoms with E-state index in [1.54, 1.807) is 17.0 Å². The van der Waals surface area contributed by atoms with Crippen molar-refractivity contribution in [3.05, 3.63) is 40.9 Å². The molecule has 0 aromatic heterocycles. The van der Waals surface area contributed by atoms with Crippen LogP contribution < -0.4 is 5.32 Å². The lowest BCUT2D eigenvalue weighted by atomic mass is 10.1. The highest BCUT2D eigenvalue weighted by Gasteiger charge is 2.32. The van der Waals surface area contributed by atoms with Crippen molar-refractivity contribution in [2.45, 2.75) is 18.1 Å². The van der Waals surface area contributed by atoms with Gasteiger partial charge in [0.25, 0.3) is 0 Å². The lowest BCUT2D eigenvalue weighted by Crippen LogP contribution is -2.43. The van der Waals surface area contributed by atoms with Crippen LogP contribution in [-0.4, -0.2) is 56.3 Å². The van der Waals surface area contributed by atoms with Gasteiger partial charge in [0.05, 0.1) is 5.25 Å². The van der Waals surface area contributed by atoms with E-state index in [1.165, 1.54) is 13.1 Å². The Morgan fingerprint density at radius 3 is 2.52 bits per heavy atom. The molecule has 1 aromatic carbocycles. The largest absolute Gasteiger partial charge is 0.358 e. The maximum atomic E-state index is 12.2. The molecule has 1 aliphatic rings. The zero-order valence-electron chi connectivity index (χ0n) is 13.9. The summed E-state index contributed by atoms with van der Waals surface area (Å²) in [6, 6.07) is 7.20. The number of hydrogen-bond acceptors (Lipinski definition) is 4. The highest BCUT2D eigenvalue weighted by molar-refractivity contribution is 7.92. The van der Waals surface area contributed by atoms with Gasteiger partial charge in [-0.3, -0.25) is 9.59 Å². The van der Waals surface area contributed by atoms with Gasteiger partial charge < -0.3 is 10.2 Å². The van der Waals surface area contributed by atoms with Gasteiger partial charge in [0, 0.05) is 31.2 Å². The second kappa shape index (κ2) is 8.49. The molecule has 1 aromatic rings. The van der Waals surface area contributed by atoms with Crippen LogP contribution in [-0.2, 0) is 19.4 Å². The Bertz CT molecular complexity index is 769. The molecular formula is C17H21ClN2O4S. The number of nitrogens with zero attached hydrogens (tertiary/aromatic N) is 1. The number of amides is 2. The summed E-state index contributed by atoms with van der Waals surface area (Å²) in [5.41, 5.74) is 0.751. The molecule has 1 aliphatic heterocycles. The second-order valence-corrected chi connectivity index (χ2v) is 8.55. The molecular weight excluding hydrogens is 364 g/mol. The molecule has 0 aliphatic carbocycles. The van der Waals surface area contributed by atoms with Gasteiger partial charge in [0.15, 0.2) is 9.84 Å². The lowest BCUT2D eigenvalue weighted by molar-refractivity contribution is -0.126.